The number of hydrogen-bond acceptors (Lipinski definition) is 4. The standard InChI is InChI=1S/C16H12N2O4/c19-15-13-6-1-2-7-14(13)16(20)17(15)9-8-11-4-3-5-12(10-11)18(21)22/h1-7,10H,8-9H2. The van der Waals surface area contributed by atoms with Gasteiger partial charge in [0.1, 0.15) is 0 Å². The van der Waals surface area contributed by atoms with Gasteiger partial charge in [0, 0.05) is 18.7 Å². The third kappa shape index (κ3) is 2.35. The zero-order valence-electron chi connectivity index (χ0n) is 11.6. The average molecular weight is 296 g/mol. The molecule has 110 valence electrons. The maximum atomic E-state index is 12.2. The predicted octanol–water partition coefficient (Wildman–Crippen LogP) is 2.43. The first-order chi connectivity index (χ1) is 10.6. The summed E-state index contributed by atoms with van der Waals surface area (Å²) in [6.07, 6.45) is 0.382. The van der Waals surface area contributed by atoms with E-state index in [1.807, 2.05) is 0 Å². The number of nitrogens with zero attached hydrogens (tertiary/aromatic N) is 2. The van der Waals surface area contributed by atoms with Gasteiger partial charge in [0.25, 0.3) is 17.5 Å². The zero-order valence-corrected chi connectivity index (χ0v) is 11.6. The summed E-state index contributed by atoms with van der Waals surface area (Å²) >= 11 is 0. The van der Waals surface area contributed by atoms with Crippen LogP contribution in [-0.2, 0) is 6.42 Å². The van der Waals surface area contributed by atoms with E-state index in [0.717, 1.165) is 0 Å². The molecule has 6 heteroatoms. The van der Waals surface area contributed by atoms with Crippen molar-refractivity contribution in [3.05, 3.63) is 75.3 Å². The fourth-order valence-corrected chi connectivity index (χ4v) is 2.51. The lowest BCUT2D eigenvalue weighted by Gasteiger charge is -2.13. The molecule has 0 unspecified atom stereocenters. The van der Waals surface area contributed by atoms with Crippen LogP contribution in [-0.4, -0.2) is 28.2 Å². The minimum atomic E-state index is -0.467. The Balaban J connectivity index is 1.76. The number of carbonyl (C=O) groups is 2. The molecule has 0 radical (unpaired) electrons. The summed E-state index contributed by atoms with van der Waals surface area (Å²) in [5.41, 5.74) is 1.53. The molecule has 0 aliphatic carbocycles. The lowest BCUT2D eigenvalue weighted by Crippen LogP contribution is -2.31. The maximum Gasteiger partial charge on any atom is 0.269 e. The molecule has 0 bridgehead atoms. The highest BCUT2D eigenvalue weighted by molar-refractivity contribution is 6.21. The Morgan fingerprint density at radius 2 is 1.59 bits per heavy atom. The Bertz CT molecular complexity index is 750. The second-order valence-corrected chi connectivity index (χ2v) is 4.98. The molecule has 3 rings (SSSR count). The molecular formula is C16H12N2O4. The van der Waals surface area contributed by atoms with E-state index in [0.29, 0.717) is 23.1 Å². The smallest absolute Gasteiger partial charge is 0.269 e. The number of rotatable bonds is 4. The van der Waals surface area contributed by atoms with Crippen molar-refractivity contribution in [3.63, 3.8) is 0 Å². The largest absolute Gasteiger partial charge is 0.274 e. The van der Waals surface area contributed by atoms with Gasteiger partial charge in [-0.15, -0.1) is 0 Å². The number of benzene rings is 2. The van der Waals surface area contributed by atoms with Gasteiger partial charge >= 0.3 is 0 Å². The molecule has 0 saturated heterocycles. The highest BCUT2D eigenvalue weighted by Crippen LogP contribution is 2.23. The number of nitro benzene ring substituents is 1. The van der Waals surface area contributed by atoms with Gasteiger partial charge < -0.3 is 0 Å². The van der Waals surface area contributed by atoms with Gasteiger partial charge in [-0.05, 0) is 24.1 Å². The molecule has 2 aromatic carbocycles. The second-order valence-electron chi connectivity index (χ2n) is 4.98. The van der Waals surface area contributed by atoms with Crippen LogP contribution in [0.3, 0.4) is 0 Å². The van der Waals surface area contributed by atoms with Crippen molar-refractivity contribution in [1.29, 1.82) is 0 Å². The molecule has 0 fully saturated rings. The van der Waals surface area contributed by atoms with Crippen molar-refractivity contribution < 1.29 is 14.5 Å². The Kier molecular flexibility index (Phi) is 3.42. The van der Waals surface area contributed by atoms with Crippen LogP contribution >= 0.6 is 0 Å². The van der Waals surface area contributed by atoms with Crippen LogP contribution in [0.15, 0.2) is 48.5 Å². The van der Waals surface area contributed by atoms with Crippen LogP contribution < -0.4 is 0 Å². The first kappa shape index (κ1) is 13.9. The van der Waals surface area contributed by atoms with Gasteiger partial charge in [0.2, 0.25) is 0 Å². The van der Waals surface area contributed by atoms with Crippen molar-refractivity contribution in [3.8, 4) is 0 Å². The highest BCUT2D eigenvalue weighted by atomic mass is 16.6. The monoisotopic (exact) mass is 296 g/mol. The van der Waals surface area contributed by atoms with Gasteiger partial charge in [-0.2, -0.15) is 0 Å². The zero-order chi connectivity index (χ0) is 15.7. The topological polar surface area (TPSA) is 80.5 Å². The fraction of sp³-hybridized carbons (Fsp3) is 0.125. The van der Waals surface area contributed by atoms with Gasteiger partial charge in [-0.1, -0.05) is 24.3 Å². The van der Waals surface area contributed by atoms with E-state index in [9.17, 15) is 19.7 Å². The fourth-order valence-electron chi connectivity index (χ4n) is 2.51. The molecule has 0 N–H and O–H groups in total. The number of fused-ring (bicyclic) bond motifs is 1. The SMILES string of the molecule is O=C1c2ccccc2C(=O)N1CCc1cccc([N+](=O)[O-])c1. The van der Waals surface area contributed by atoms with E-state index in [-0.39, 0.29) is 24.0 Å². The van der Waals surface area contributed by atoms with Gasteiger partial charge in [0.15, 0.2) is 0 Å². The molecule has 6 nitrogen and oxygen atoms in total. The summed E-state index contributed by atoms with van der Waals surface area (Å²) in [5, 5.41) is 10.8. The average Bonchev–Trinajstić information content (AvgIpc) is 2.78. The van der Waals surface area contributed by atoms with Crippen molar-refractivity contribution in [2.45, 2.75) is 6.42 Å². The van der Waals surface area contributed by atoms with Gasteiger partial charge in [-0.3, -0.25) is 24.6 Å². The molecule has 1 aliphatic heterocycles. The molecule has 1 heterocycles. The van der Waals surface area contributed by atoms with E-state index in [1.54, 1.807) is 36.4 Å². The predicted molar refractivity (Wildman–Crippen MR) is 78.6 cm³/mol. The lowest BCUT2D eigenvalue weighted by atomic mass is 10.1. The number of carbonyl (C=O) groups excluding carboxylic acids is 2. The third-order valence-corrected chi connectivity index (χ3v) is 3.62. The minimum absolute atomic E-state index is 0.000129. The van der Waals surface area contributed by atoms with E-state index in [4.69, 9.17) is 0 Å². The molecule has 22 heavy (non-hydrogen) atoms. The number of nitro groups is 1. The van der Waals surface area contributed by atoms with Crippen LogP contribution in [0.4, 0.5) is 5.69 Å². The molecule has 2 aromatic rings. The Morgan fingerprint density at radius 3 is 2.18 bits per heavy atom. The quantitative estimate of drug-likeness (QED) is 0.493. The number of imide groups is 1. The van der Waals surface area contributed by atoms with E-state index in [2.05, 4.69) is 0 Å². The molecular weight excluding hydrogens is 284 g/mol. The van der Waals surface area contributed by atoms with Crippen LogP contribution in [0.25, 0.3) is 0 Å². The Morgan fingerprint density at radius 1 is 0.955 bits per heavy atom. The molecule has 0 atom stereocenters. The number of non-ortho nitro benzene ring substituents is 1. The molecule has 1 aliphatic rings. The summed E-state index contributed by atoms with van der Waals surface area (Å²) in [4.78, 5) is 35.9. The van der Waals surface area contributed by atoms with E-state index < -0.39 is 4.92 Å². The summed E-state index contributed by atoms with van der Waals surface area (Å²) in [7, 11) is 0. The third-order valence-electron chi connectivity index (χ3n) is 3.62. The summed E-state index contributed by atoms with van der Waals surface area (Å²) in [5.74, 6) is -0.628. The molecule has 0 spiro atoms. The Labute approximate surface area is 126 Å². The molecule has 2 amide bonds. The highest BCUT2D eigenvalue weighted by Gasteiger charge is 2.34. The van der Waals surface area contributed by atoms with E-state index in [1.165, 1.54) is 17.0 Å². The van der Waals surface area contributed by atoms with Gasteiger partial charge in [-0.25, -0.2) is 0 Å². The van der Waals surface area contributed by atoms with Crippen molar-refractivity contribution in [1.82, 2.24) is 4.90 Å². The Hall–Kier alpha value is -3.02. The van der Waals surface area contributed by atoms with Crippen LogP contribution in [0, 0.1) is 10.1 Å². The number of hydrogen-bond donors (Lipinski definition) is 0. The minimum Gasteiger partial charge on any atom is -0.274 e. The van der Waals surface area contributed by atoms with E-state index >= 15 is 0 Å². The van der Waals surface area contributed by atoms with Crippen LogP contribution in [0.5, 0.6) is 0 Å². The maximum absolute atomic E-state index is 12.2. The molecule has 0 aromatic heterocycles. The first-order valence-corrected chi connectivity index (χ1v) is 6.76. The number of amides is 2. The van der Waals surface area contributed by atoms with Crippen molar-refractivity contribution in [2.75, 3.05) is 6.54 Å². The summed E-state index contributed by atoms with van der Waals surface area (Å²) in [6.45, 7) is 0.202. The lowest BCUT2D eigenvalue weighted by molar-refractivity contribution is -0.384. The first-order valence-electron chi connectivity index (χ1n) is 6.76. The second kappa shape index (κ2) is 5.40. The van der Waals surface area contributed by atoms with Crippen molar-refractivity contribution >= 4 is 17.5 Å². The van der Waals surface area contributed by atoms with Gasteiger partial charge in [0.05, 0.1) is 16.1 Å². The van der Waals surface area contributed by atoms with Crippen molar-refractivity contribution in [2.24, 2.45) is 0 Å². The molecule has 0 saturated carbocycles. The summed E-state index contributed by atoms with van der Waals surface area (Å²) < 4.78 is 0. The summed E-state index contributed by atoms with van der Waals surface area (Å²) in [6, 6.07) is 12.9. The van der Waals surface area contributed by atoms with Crippen LogP contribution in [0.1, 0.15) is 26.3 Å². The normalized spacial score (nSPS) is 13.4. The van der Waals surface area contributed by atoms with Crippen LogP contribution in [0.2, 0.25) is 0 Å².